The van der Waals surface area contributed by atoms with Gasteiger partial charge in [0.1, 0.15) is 6.54 Å². The van der Waals surface area contributed by atoms with Crippen LogP contribution in [0.5, 0.6) is 0 Å². The number of amides is 3. The number of benzene rings is 1. The highest BCUT2D eigenvalue weighted by molar-refractivity contribution is 7.14. The Morgan fingerprint density at radius 1 is 1.09 bits per heavy atom. The lowest BCUT2D eigenvalue weighted by Crippen LogP contribution is -2.38. The van der Waals surface area contributed by atoms with Crippen LogP contribution in [0.4, 0.5) is 5.13 Å². The number of hydrogen-bond donors (Lipinski definition) is 1. The molecule has 1 aliphatic carbocycles. The van der Waals surface area contributed by atoms with Crippen molar-refractivity contribution in [2.75, 3.05) is 11.9 Å². The Bertz CT molecular complexity index is 1280. The molecule has 35 heavy (non-hydrogen) atoms. The van der Waals surface area contributed by atoms with E-state index in [-0.39, 0.29) is 30.2 Å². The van der Waals surface area contributed by atoms with Gasteiger partial charge in [0.2, 0.25) is 17.7 Å². The molecule has 1 N–H and O–H groups in total. The van der Waals surface area contributed by atoms with Crippen LogP contribution in [0.2, 0.25) is 0 Å². The van der Waals surface area contributed by atoms with Gasteiger partial charge in [0.25, 0.3) is 0 Å². The zero-order valence-corrected chi connectivity index (χ0v) is 20.7. The molecule has 5 rings (SSSR count). The Hall–Kier alpha value is -3.52. The van der Waals surface area contributed by atoms with Crippen molar-refractivity contribution in [3.05, 3.63) is 70.9 Å². The Balaban J connectivity index is 1.24. The Labute approximate surface area is 208 Å². The van der Waals surface area contributed by atoms with Crippen molar-refractivity contribution in [3.63, 3.8) is 0 Å². The van der Waals surface area contributed by atoms with Gasteiger partial charge in [-0.3, -0.25) is 19.3 Å². The van der Waals surface area contributed by atoms with Gasteiger partial charge >= 0.3 is 0 Å². The first-order valence-electron chi connectivity index (χ1n) is 11.9. The third kappa shape index (κ3) is 4.58. The van der Waals surface area contributed by atoms with Gasteiger partial charge in [-0.15, -0.1) is 11.3 Å². The number of likely N-dealkylation sites (tertiary alicyclic amines) is 1. The minimum Gasteiger partial charge on any atom is -0.348 e. The van der Waals surface area contributed by atoms with Crippen LogP contribution < -0.4 is 5.32 Å². The molecule has 1 saturated heterocycles. The molecule has 0 spiro atoms. The van der Waals surface area contributed by atoms with Crippen LogP contribution in [0, 0.1) is 25.7 Å². The van der Waals surface area contributed by atoms with Crippen molar-refractivity contribution in [2.45, 2.75) is 39.7 Å². The lowest BCUT2D eigenvalue weighted by atomic mass is 9.85. The van der Waals surface area contributed by atoms with Crippen LogP contribution in [0.25, 0.3) is 11.3 Å². The number of aromatic nitrogens is 2. The van der Waals surface area contributed by atoms with Crippen molar-refractivity contribution >= 4 is 34.2 Å². The first kappa shape index (κ1) is 23.2. The molecule has 3 aromatic rings. The number of thiazole rings is 1. The van der Waals surface area contributed by atoms with Gasteiger partial charge < -0.3 is 9.88 Å². The molecule has 8 heteroatoms. The molecule has 2 unspecified atom stereocenters. The van der Waals surface area contributed by atoms with E-state index in [4.69, 9.17) is 0 Å². The number of carbonyl (C=O) groups is 3. The molecule has 1 aromatic carbocycles. The summed E-state index contributed by atoms with van der Waals surface area (Å²) in [6.07, 6.45) is 5.94. The van der Waals surface area contributed by atoms with Crippen LogP contribution in [-0.2, 0) is 27.3 Å². The molecule has 2 aromatic heterocycles. The fraction of sp³-hybridized carbons (Fsp3) is 0.333. The zero-order valence-electron chi connectivity index (χ0n) is 19.9. The zero-order chi connectivity index (χ0) is 24.5. The number of anilines is 1. The highest BCUT2D eigenvalue weighted by Crippen LogP contribution is 2.35. The summed E-state index contributed by atoms with van der Waals surface area (Å²) in [5.41, 5.74) is 5.43. The number of nitrogens with zero attached hydrogens (tertiary/aromatic N) is 3. The summed E-state index contributed by atoms with van der Waals surface area (Å²) < 4.78 is 2.29. The number of rotatable bonds is 7. The largest absolute Gasteiger partial charge is 0.348 e. The average molecular weight is 489 g/mol. The molecule has 2 atom stereocenters. The molecule has 2 aliphatic rings. The summed E-state index contributed by atoms with van der Waals surface area (Å²) in [5, 5.41) is 5.15. The SMILES string of the molecule is Cc1cc(-c2csc(NC(=O)CN3C(=O)C4CC=CCC4C3=O)n2)c(C)n1CCc1ccccc1. The first-order valence-corrected chi connectivity index (χ1v) is 12.8. The molecule has 0 bridgehead atoms. The molecule has 7 nitrogen and oxygen atoms in total. The van der Waals surface area contributed by atoms with Gasteiger partial charge in [0, 0.05) is 28.9 Å². The Morgan fingerprint density at radius 3 is 2.46 bits per heavy atom. The highest BCUT2D eigenvalue weighted by Gasteiger charge is 2.47. The number of carbonyl (C=O) groups excluding carboxylic acids is 3. The second-order valence-corrected chi connectivity index (χ2v) is 10.0. The third-order valence-corrected chi connectivity index (χ3v) is 7.73. The first-order chi connectivity index (χ1) is 16.9. The number of hydrogen-bond acceptors (Lipinski definition) is 5. The predicted molar refractivity (Wildman–Crippen MR) is 136 cm³/mol. The highest BCUT2D eigenvalue weighted by atomic mass is 32.1. The molecule has 3 heterocycles. The average Bonchev–Trinajstić information content (AvgIpc) is 3.50. The summed E-state index contributed by atoms with van der Waals surface area (Å²) in [6.45, 7) is 4.79. The quantitative estimate of drug-likeness (QED) is 0.396. The molecule has 0 radical (unpaired) electrons. The number of imide groups is 1. The number of allylic oxidation sites excluding steroid dienone is 2. The van der Waals surface area contributed by atoms with Crippen molar-refractivity contribution in [2.24, 2.45) is 11.8 Å². The Kier molecular flexibility index (Phi) is 6.38. The number of aryl methyl sites for hydroxylation is 2. The van der Waals surface area contributed by atoms with E-state index in [9.17, 15) is 14.4 Å². The second kappa shape index (κ2) is 9.62. The van der Waals surface area contributed by atoms with Gasteiger partial charge in [-0.2, -0.15) is 0 Å². The maximum absolute atomic E-state index is 12.6. The summed E-state index contributed by atoms with van der Waals surface area (Å²) >= 11 is 1.34. The lowest BCUT2D eigenvalue weighted by Gasteiger charge is -2.14. The summed E-state index contributed by atoms with van der Waals surface area (Å²) in [5.74, 6) is -1.56. The summed E-state index contributed by atoms with van der Waals surface area (Å²) in [4.78, 5) is 43.6. The predicted octanol–water partition coefficient (Wildman–Crippen LogP) is 4.36. The van der Waals surface area contributed by atoms with E-state index >= 15 is 0 Å². The van der Waals surface area contributed by atoms with E-state index in [0.717, 1.165) is 40.5 Å². The van der Waals surface area contributed by atoms with Gasteiger partial charge in [0.15, 0.2) is 5.13 Å². The van der Waals surface area contributed by atoms with Crippen LogP contribution in [-0.4, -0.2) is 38.7 Å². The minimum absolute atomic E-state index is 0.248. The third-order valence-electron chi connectivity index (χ3n) is 6.97. The van der Waals surface area contributed by atoms with Crippen LogP contribution in [0.3, 0.4) is 0 Å². The standard InChI is InChI=1S/C27H28N4O3S/c1-17-14-22(18(2)30(17)13-12-19-8-4-3-5-9-19)23-16-35-27(28-23)29-24(32)15-31-25(33)20-10-6-7-11-21(20)26(31)34/h3-9,14,16,20-21H,10-13,15H2,1-2H3,(H,28,29,32). The Morgan fingerprint density at radius 2 is 1.77 bits per heavy atom. The molecule has 180 valence electrons. The van der Waals surface area contributed by atoms with Crippen molar-refractivity contribution in [1.29, 1.82) is 0 Å². The molecule has 3 amide bonds. The van der Waals surface area contributed by atoms with E-state index in [1.807, 2.05) is 23.6 Å². The number of fused-ring (bicyclic) bond motifs is 1. The molecule has 1 fully saturated rings. The van der Waals surface area contributed by atoms with Crippen LogP contribution >= 0.6 is 11.3 Å². The maximum Gasteiger partial charge on any atom is 0.246 e. The van der Waals surface area contributed by atoms with E-state index in [0.29, 0.717) is 18.0 Å². The van der Waals surface area contributed by atoms with Gasteiger partial charge in [-0.05, 0) is 44.7 Å². The molecule has 1 aliphatic heterocycles. The van der Waals surface area contributed by atoms with E-state index < -0.39 is 5.91 Å². The molecular formula is C27H28N4O3S. The monoisotopic (exact) mass is 488 g/mol. The normalized spacial score (nSPS) is 19.3. The van der Waals surface area contributed by atoms with Crippen molar-refractivity contribution < 1.29 is 14.4 Å². The number of nitrogens with one attached hydrogen (secondary N) is 1. The van der Waals surface area contributed by atoms with Crippen LogP contribution in [0.15, 0.2) is 53.9 Å². The summed E-state index contributed by atoms with van der Waals surface area (Å²) in [6, 6.07) is 12.5. The topological polar surface area (TPSA) is 84.3 Å². The second-order valence-electron chi connectivity index (χ2n) is 9.18. The fourth-order valence-corrected chi connectivity index (χ4v) is 5.80. The minimum atomic E-state index is -0.410. The van der Waals surface area contributed by atoms with Gasteiger partial charge in [-0.25, -0.2) is 4.98 Å². The van der Waals surface area contributed by atoms with Gasteiger partial charge in [0.05, 0.1) is 17.5 Å². The van der Waals surface area contributed by atoms with Crippen molar-refractivity contribution in [3.8, 4) is 11.3 Å². The van der Waals surface area contributed by atoms with Gasteiger partial charge in [-0.1, -0.05) is 42.5 Å². The van der Waals surface area contributed by atoms with E-state index in [2.05, 4.69) is 59.0 Å². The fourth-order valence-electron chi connectivity index (χ4n) is 5.07. The van der Waals surface area contributed by atoms with Crippen LogP contribution in [0.1, 0.15) is 29.8 Å². The maximum atomic E-state index is 12.6. The van der Waals surface area contributed by atoms with E-state index in [1.54, 1.807) is 0 Å². The molecule has 0 saturated carbocycles. The molecular weight excluding hydrogens is 460 g/mol. The van der Waals surface area contributed by atoms with Crippen molar-refractivity contribution in [1.82, 2.24) is 14.5 Å². The smallest absolute Gasteiger partial charge is 0.246 e. The summed E-state index contributed by atoms with van der Waals surface area (Å²) in [7, 11) is 0. The van der Waals surface area contributed by atoms with E-state index in [1.165, 1.54) is 16.9 Å². The lowest BCUT2D eigenvalue weighted by molar-refractivity contribution is -0.142.